The molecule has 3 aromatic rings. The van der Waals surface area contributed by atoms with E-state index in [0.29, 0.717) is 18.0 Å². The lowest BCUT2D eigenvalue weighted by molar-refractivity contribution is 0.209. The van der Waals surface area contributed by atoms with Crippen LogP contribution < -0.4 is 9.47 Å². The van der Waals surface area contributed by atoms with Crippen LogP contribution in [0, 0.1) is 0 Å². The smallest absolute Gasteiger partial charge is 0.191 e. The summed E-state index contributed by atoms with van der Waals surface area (Å²) in [7, 11) is 1.63. The average molecular weight is 416 g/mol. The molecule has 0 amide bonds. The summed E-state index contributed by atoms with van der Waals surface area (Å²) >= 11 is 7.85. The summed E-state index contributed by atoms with van der Waals surface area (Å²) in [5.74, 6) is 2.91. The highest BCUT2D eigenvalue weighted by Gasteiger charge is 2.19. The number of hydrogen-bond donors (Lipinski definition) is 0. The molecule has 0 aliphatic rings. The molecular weight excluding hydrogens is 394 g/mol. The molecule has 3 rings (SSSR count). The zero-order chi connectivity index (χ0) is 19.9. The highest BCUT2D eigenvalue weighted by Crippen LogP contribution is 2.29. The summed E-state index contributed by atoms with van der Waals surface area (Å²) < 4.78 is 13.3. The first kappa shape index (κ1) is 20.3. The van der Waals surface area contributed by atoms with Crippen molar-refractivity contribution in [2.45, 2.75) is 30.5 Å². The SMILES string of the molecule is C=CCn1c(SCc2ccccc2Cl)nnc1C(C)Oc1cccc(OC)c1. The minimum atomic E-state index is -0.283. The molecular formula is C21H22ClN3O2S. The van der Waals surface area contributed by atoms with Crippen molar-refractivity contribution in [2.24, 2.45) is 0 Å². The van der Waals surface area contributed by atoms with E-state index >= 15 is 0 Å². The van der Waals surface area contributed by atoms with E-state index in [-0.39, 0.29) is 6.10 Å². The van der Waals surface area contributed by atoms with Crippen LogP contribution in [0.2, 0.25) is 5.02 Å². The molecule has 0 spiro atoms. The Morgan fingerprint density at radius 1 is 1.18 bits per heavy atom. The van der Waals surface area contributed by atoms with Gasteiger partial charge in [-0.25, -0.2) is 0 Å². The molecule has 0 aliphatic carbocycles. The van der Waals surface area contributed by atoms with Gasteiger partial charge in [-0.05, 0) is 30.7 Å². The summed E-state index contributed by atoms with van der Waals surface area (Å²) in [6.07, 6.45) is 1.54. The van der Waals surface area contributed by atoms with Crippen LogP contribution in [-0.2, 0) is 12.3 Å². The van der Waals surface area contributed by atoms with E-state index < -0.39 is 0 Å². The number of ether oxygens (including phenoxy) is 2. The Morgan fingerprint density at radius 3 is 2.71 bits per heavy atom. The summed E-state index contributed by atoms with van der Waals surface area (Å²) in [4.78, 5) is 0. The second-order valence-electron chi connectivity index (χ2n) is 6.06. The second-order valence-corrected chi connectivity index (χ2v) is 7.41. The molecule has 1 unspecified atom stereocenters. The topological polar surface area (TPSA) is 49.2 Å². The predicted molar refractivity (Wildman–Crippen MR) is 113 cm³/mol. The molecule has 0 saturated heterocycles. The molecule has 0 saturated carbocycles. The number of nitrogens with zero attached hydrogens (tertiary/aromatic N) is 3. The van der Waals surface area contributed by atoms with Gasteiger partial charge in [-0.15, -0.1) is 16.8 Å². The van der Waals surface area contributed by atoms with E-state index in [4.69, 9.17) is 21.1 Å². The standard InChI is InChI=1S/C21H22ClN3O2S/c1-4-12-25-20(15(2)27-18-10-7-9-17(13-18)26-3)23-24-21(25)28-14-16-8-5-6-11-19(16)22/h4-11,13,15H,1,12,14H2,2-3H3. The van der Waals surface area contributed by atoms with Crippen molar-refractivity contribution in [3.8, 4) is 11.5 Å². The monoisotopic (exact) mass is 415 g/mol. The van der Waals surface area contributed by atoms with E-state index in [0.717, 1.165) is 27.3 Å². The van der Waals surface area contributed by atoms with Gasteiger partial charge in [0.15, 0.2) is 17.1 Å². The summed E-state index contributed by atoms with van der Waals surface area (Å²) in [5, 5.41) is 10.3. The number of rotatable bonds is 9. The lowest BCUT2D eigenvalue weighted by atomic mass is 10.2. The predicted octanol–water partition coefficient (Wildman–Crippen LogP) is 5.56. The number of methoxy groups -OCH3 is 1. The molecule has 1 atom stereocenters. The quantitative estimate of drug-likeness (QED) is 0.338. The Kier molecular flexibility index (Phi) is 7.01. The van der Waals surface area contributed by atoms with Crippen LogP contribution in [0.5, 0.6) is 11.5 Å². The Hall–Kier alpha value is -2.44. The van der Waals surface area contributed by atoms with Crippen LogP contribution in [0.15, 0.2) is 66.3 Å². The Bertz CT molecular complexity index is 945. The molecule has 2 aromatic carbocycles. The molecule has 1 aromatic heterocycles. The van der Waals surface area contributed by atoms with Crippen molar-refractivity contribution in [2.75, 3.05) is 7.11 Å². The minimum Gasteiger partial charge on any atom is -0.497 e. The highest BCUT2D eigenvalue weighted by atomic mass is 35.5. The number of aromatic nitrogens is 3. The third-order valence-corrected chi connectivity index (χ3v) is 5.47. The molecule has 7 heteroatoms. The van der Waals surface area contributed by atoms with Gasteiger partial charge in [0.25, 0.3) is 0 Å². The Balaban J connectivity index is 1.77. The fraction of sp³-hybridized carbons (Fsp3) is 0.238. The number of allylic oxidation sites excluding steroid dienone is 1. The average Bonchev–Trinajstić information content (AvgIpc) is 3.10. The van der Waals surface area contributed by atoms with Crippen LogP contribution >= 0.6 is 23.4 Å². The zero-order valence-corrected chi connectivity index (χ0v) is 17.4. The van der Waals surface area contributed by atoms with Crippen LogP contribution in [-0.4, -0.2) is 21.9 Å². The van der Waals surface area contributed by atoms with Crippen LogP contribution in [0.4, 0.5) is 0 Å². The molecule has 1 heterocycles. The molecule has 0 aliphatic heterocycles. The van der Waals surface area contributed by atoms with E-state index in [1.807, 2.05) is 66.1 Å². The number of hydrogen-bond acceptors (Lipinski definition) is 5. The summed E-state index contributed by atoms with van der Waals surface area (Å²) in [6.45, 7) is 6.40. The molecule has 5 nitrogen and oxygen atoms in total. The van der Waals surface area contributed by atoms with Gasteiger partial charge in [0.2, 0.25) is 0 Å². The van der Waals surface area contributed by atoms with E-state index in [9.17, 15) is 0 Å². The Morgan fingerprint density at radius 2 is 1.96 bits per heavy atom. The van der Waals surface area contributed by atoms with Crippen molar-refractivity contribution in [3.05, 3.63) is 77.6 Å². The first-order valence-corrected chi connectivity index (χ1v) is 10.2. The normalized spacial score (nSPS) is 11.8. The fourth-order valence-corrected chi connectivity index (χ4v) is 3.94. The molecule has 146 valence electrons. The van der Waals surface area contributed by atoms with Crippen LogP contribution in [0.1, 0.15) is 24.4 Å². The maximum atomic E-state index is 6.26. The van der Waals surface area contributed by atoms with Gasteiger partial charge in [-0.1, -0.05) is 53.7 Å². The molecule has 28 heavy (non-hydrogen) atoms. The summed E-state index contributed by atoms with van der Waals surface area (Å²) in [5.41, 5.74) is 1.06. The van der Waals surface area contributed by atoms with E-state index in [1.54, 1.807) is 18.9 Å². The second kappa shape index (κ2) is 9.66. The van der Waals surface area contributed by atoms with Gasteiger partial charge in [0.05, 0.1) is 7.11 Å². The lowest BCUT2D eigenvalue weighted by Gasteiger charge is -2.16. The van der Waals surface area contributed by atoms with Gasteiger partial charge in [0.1, 0.15) is 11.5 Å². The number of thioether (sulfide) groups is 1. The minimum absolute atomic E-state index is 0.283. The van der Waals surface area contributed by atoms with Crippen molar-refractivity contribution in [3.63, 3.8) is 0 Å². The van der Waals surface area contributed by atoms with Gasteiger partial charge >= 0.3 is 0 Å². The van der Waals surface area contributed by atoms with Gasteiger partial charge < -0.3 is 9.47 Å². The first-order chi connectivity index (χ1) is 13.6. The van der Waals surface area contributed by atoms with E-state index in [2.05, 4.69) is 16.8 Å². The van der Waals surface area contributed by atoms with Gasteiger partial charge in [-0.2, -0.15) is 0 Å². The highest BCUT2D eigenvalue weighted by molar-refractivity contribution is 7.98. The van der Waals surface area contributed by atoms with Crippen molar-refractivity contribution < 1.29 is 9.47 Å². The zero-order valence-electron chi connectivity index (χ0n) is 15.8. The third-order valence-electron chi connectivity index (χ3n) is 4.09. The summed E-state index contributed by atoms with van der Waals surface area (Å²) in [6, 6.07) is 15.3. The first-order valence-electron chi connectivity index (χ1n) is 8.83. The maximum Gasteiger partial charge on any atom is 0.191 e. The van der Waals surface area contributed by atoms with Crippen molar-refractivity contribution in [1.29, 1.82) is 0 Å². The Labute approximate surface area is 174 Å². The van der Waals surface area contributed by atoms with Gasteiger partial charge in [-0.3, -0.25) is 4.57 Å². The number of halogens is 1. The van der Waals surface area contributed by atoms with Crippen LogP contribution in [0.25, 0.3) is 0 Å². The largest absolute Gasteiger partial charge is 0.497 e. The molecule has 0 bridgehead atoms. The number of benzene rings is 2. The molecule has 0 N–H and O–H groups in total. The lowest BCUT2D eigenvalue weighted by Crippen LogP contribution is -2.12. The van der Waals surface area contributed by atoms with Gasteiger partial charge in [0, 0.05) is 23.4 Å². The molecule has 0 fully saturated rings. The maximum absolute atomic E-state index is 6.26. The van der Waals surface area contributed by atoms with E-state index in [1.165, 1.54) is 0 Å². The fourth-order valence-electron chi connectivity index (χ4n) is 2.70. The van der Waals surface area contributed by atoms with Crippen LogP contribution in [0.3, 0.4) is 0 Å². The molecule has 0 radical (unpaired) electrons. The van der Waals surface area contributed by atoms with Crippen molar-refractivity contribution >= 4 is 23.4 Å². The van der Waals surface area contributed by atoms with Crippen molar-refractivity contribution in [1.82, 2.24) is 14.8 Å². The third kappa shape index (κ3) is 4.88.